The van der Waals surface area contributed by atoms with Gasteiger partial charge in [-0.1, -0.05) is 6.92 Å². The number of likely N-dealkylation sites (tertiary alicyclic amines) is 1. The SMILES string of the molecule is CCCOC1CCCN(C(=O)c2cccnc2NC)C1. The standard InChI is InChI=1S/C15H23N3O2/c1-3-10-20-12-6-5-9-18(11-12)15(19)13-7-4-8-17-14(13)16-2/h4,7-8,12H,3,5-6,9-11H2,1-2H3,(H,16,17). The van der Waals surface area contributed by atoms with E-state index in [1.165, 1.54) is 0 Å². The molecule has 1 saturated heterocycles. The van der Waals surface area contributed by atoms with Crippen LogP contribution in [0.5, 0.6) is 0 Å². The summed E-state index contributed by atoms with van der Waals surface area (Å²) in [4.78, 5) is 18.7. The number of pyridine rings is 1. The summed E-state index contributed by atoms with van der Waals surface area (Å²) in [6.07, 6.45) is 4.90. The highest BCUT2D eigenvalue weighted by atomic mass is 16.5. The van der Waals surface area contributed by atoms with Gasteiger partial charge in [0, 0.05) is 32.9 Å². The molecule has 0 saturated carbocycles. The van der Waals surface area contributed by atoms with Gasteiger partial charge in [0.05, 0.1) is 11.7 Å². The molecule has 2 rings (SSSR count). The molecular weight excluding hydrogens is 254 g/mol. The first kappa shape index (κ1) is 14.8. The summed E-state index contributed by atoms with van der Waals surface area (Å²) >= 11 is 0. The van der Waals surface area contributed by atoms with E-state index < -0.39 is 0 Å². The Labute approximate surface area is 120 Å². The van der Waals surface area contributed by atoms with Crippen LogP contribution in [0.15, 0.2) is 18.3 Å². The van der Waals surface area contributed by atoms with Crippen LogP contribution in [0.25, 0.3) is 0 Å². The third-order valence-electron chi connectivity index (χ3n) is 3.50. The van der Waals surface area contributed by atoms with E-state index in [0.29, 0.717) is 17.9 Å². The maximum absolute atomic E-state index is 12.6. The van der Waals surface area contributed by atoms with Crippen LogP contribution in [0.3, 0.4) is 0 Å². The van der Waals surface area contributed by atoms with Crippen molar-refractivity contribution < 1.29 is 9.53 Å². The summed E-state index contributed by atoms with van der Waals surface area (Å²) in [6, 6.07) is 3.61. The Kier molecular flexibility index (Phi) is 5.35. The normalized spacial score (nSPS) is 18.9. The Morgan fingerprint density at radius 3 is 3.20 bits per heavy atom. The molecule has 1 aliphatic rings. The predicted octanol–water partition coefficient (Wildman–Crippen LogP) is 2.15. The van der Waals surface area contributed by atoms with Gasteiger partial charge >= 0.3 is 0 Å². The van der Waals surface area contributed by atoms with E-state index in [1.807, 2.05) is 11.0 Å². The predicted molar refractivity (Wildman–Crippen MR) is 79.0 cm³/mol. The molecule has 0 bridgehead atoms. The van der Waals surface area contributed by atoms with Crippen LogP contribution in [0.4, 0.5) is 5.82 Å². The zero-order valence-corrected chi connectivity index (χ0v) is 12.3. The van der Waals surface area contributed by atoms with Gasteiger partial charge in [0.2, 0.25) is 0 Å². The largest absolute Gasteiger partial charge is 0.376 e. The van der Waals surface area contributed by atoms with Crippen LogP contribution in [-0.2, 0) is 4.74 Å². The second-order valence-corrected chi connectivity index (χ2v) is 5.04. The monoisotopic (exact) mass is 277 g/mol. The van der Waals surface area contributed by atoms with Crippen LogP contribution in [-0.4, -0.2) is 48.6 Å². The van der Waals surface area contributed by atoms with E-state index in [-0.39, 0.29) is 12.0 Å². The molecule has 1 atom stereocenters. The molecule has 5 nitrogen and oxygen atoms in total. The first-order chi connectivity index (χ1) is 9.76. The minimum absolute atomic E-state index is 0.0345. The Morgan fingerprint density at radius 1 is 1.60 bits per heavy atom. The van der Waals surface area contributed by atoms with Gasteiger partial charge in [-0.2, -0.15) is 0 Å². The third-order valence-corrected chi connectivity index (χ3v) is 3.50. The molecule has 2 heterocycles. The van der Waals surface area contributed by atoms with Crippen molar-refractivity contribution in [3.05, 3.63) is 23.9 Å². The second kappa shape index (κ2) is 7.24. The van der Waals surface area contributed by atoms with Crippen molar-refractivity contribution in [3.8, 4) is 0 Å². The van der Waals surface area contributed by atoms with Gasteiger partial charge in [0.15, 0.2) is 0 Å². The lowest BCUT2D eigenvalue weighted by Gasteiger charge is -2.33. The van der Waals surface area contributed by atoms with Crippen molar-refractivity contribution in [3.63, 3.8) is 0 Å². The van der Waals surface area contributed by atoms with Gasteiger partial charge in [0.1, 0.15) is 5.82 Å². The van der Waals surface area contributed by atoms with Crippen LogP contribution in [0, 0.1) is 0 Å². The van der Waals surface area contributed by atoms with Gasteiger partial charge in [-0.05, 0) is 31.4 Å². The molecule has 1 aromatic rings. The third kappa shape index (κ3) is 3.48. The summed E-state index contributed by atoms with van der Waals surface area (Å²) in [6.45, 7) is 4.34. The summed E-state index contributed by atoms with van der Waals surface area (Å²) < 4.78 is 5.78. The molecule has 1 N–H and O–H groups in total. The summed E-state index contributed by atoms with van der Waals surface area (Å²) in [7, 11) is 1.78. The summed E-state index contributed by atoms with van der Waals surface area (Å²) in [5.74, 6) is 0.668. The molecule has 1 aromatic heterocycles. The fourth-order valence-electron chi connectivity index (χ4n) is 2.49. The van der Waals surface area contributed by atoms with Gasteiger partial charge in [0.25, 0.3) is 5.91 Å². The van der Waals surface area contributed by atoms with Crippen molar-refractivity contribution in [1.82, 2.24) is 9.88 Å². The molecule has 1 unspecified atom stereocenters. The van der Waals surface area contributed by atoms with E-state index in [9.17, 15) is 4.79 Å². The first-order valence-electron chi connectivity index (χ1n) is 7.30. The molecule has 0 aliphatic carbocycles. The number of amides is 1. The molecule has 20 heavy (non-hydrogen) atoms. The lowest BCUT2D eigenvalue weighted by atomic mass is 10.1. The molecule has 1 fully saturated rings. The average molecular weight is 277 g/mol. The first-order valence-corrected chi connectivity index (χ1v) is 7.30. The topological polar surface area (TPSA) is 54.5 Å². The molecule has 0 spiro atoms. The number of rotatable bonds is 5. The number of carbonyl (C=O) groups is 1. The van der Waals surface area contributed by atoms with Gasteiger partial charge in [-0.15, -0.1) is 0 Å². The minimum atomic E-state index is 0.0345. The maximum atomic E-state index is 12.6. The number of hydrogen-bond acceptors (Lipinski definition) is 4. The Bertz CT molecular complexity index is 450. The highest BCUT2D eigenvalue weighted by Gasteiger charge is 2.26. The minimum Gasteiger partial charge on any atom is -0.376 e. The molecule has 0 aromatic carbocycles. The van der Waals surface area contributed by atoms with Crippen LogP contribution < -0.4 is 5.32 Å². The number of aromatic nitrogens is 1. The zero-order valence-electron chi connectivity index (χ0n) is 12.3. The number of carbonyl (C=O) groups excluding carboxylic acids is 1. The van der Waals surface area contributed by atoms with Gasteiger partial charge in [-0.3, -0.25) is 4.79 Å². The highest BCUT2D eigenvalue weighted by molar-refractivity contribution is 5.98. The quantitative estimate of drug-likeness (QED) is 0.896. The Hall–Kier alpha value is -1.62. The number of ether oxygens (including phenoxy) is 1. The Balaban J connectivity index is 2.04. The van der Waals surface area contributed by atoms with Crippen LogP contribution in [0.1, 0.15) is 36.5 Å². The molecule has 1 aliphatic heterocycles. The molecule has 0 radical (unpaired) electrons. The number of nitrogens with one attached hydrogen (secondary N) is 1. The fourth-order valence-corrected chi connectivity index (χ4v) is 2.49. The average Bonchev–Trinajstić information content (AvgIpc) is 2.52. The van der Waals surface area contributed by atoms with Crippen molar-refractivity contribution in [2.24, 2.45) is 0 Å². The van der Waals surface area contributed by atoms with Crippen molar-refractivity contribution >= 4 is 11.7 Å². The van der Waals surface area contributed by atoms with E-state index in [2.05, 4.69) is 17.2 Å². The van der Waals surface area contributed by atoms with Gasteiger partial charge in [-0.25, -0.2) is 4.98 Å². The van der Waals surface area contributed by atoms with Crippen LogP contribution >= 0.6 is 0 Å². The molecule has 5 heteroatoms. The molecule has 1 amide bonds. The lowest BCUT2D eigenvalue weighted by molar-refractivity contribution is 0.00213. The number of piperidine rings is 1. The Morgan fingerprint density at radius 2 is 2.45 bits per heavy atom. The van der Waals surface area contributed by atoms with E-state index in [4.69, 9.17) is 4.74 Å². The number of anilines is 1. The summed E-state index contributed by atoms with van der Waals surface area (Å²) in [5, 5.41) is 2.97. The number of nitrogens with zero attached hydrogens (tertiary/aromatic N) is 2. The second-order valence-electron chi connectivity index (χ2n) is 5.04. The van der Waals surface area contributed by atoms with Crippen molar-refractivity contribution in [2.45, 2.75) is 32.3 Å². The zero-order chi connectivity index (χ0) is 14.4. The maximum Gasteiger partial charge on any atom is 0.257 e. The fraction of sp³-hybridized carbons (Fsp3) is 0.600. The molecular formula is C15H23N3O2. The summed E-state index contributed by atoms with van der Waals surface area (Å²) in [5.41, 5.74) is 0.631. The van der Waals surface area contributed by atoms with Crippen molar-refractivity contribution in [2.75, 3.05) is 32.1 Å². The van der Waals surface area contributed by atoms with E-state index in [0.717, 1.165) is 32.4 Å². The highest BCUT2D eigenvalue weighted by Crippen LogP contribution is 2.19. The van der Waals surface area contributed by atoms with E-state index >= 15 is 0 Å². The lowest BCUT2D eigenvalue weighted by Crippen LogP contribution is -2.43. The van der Waals surface area contributed by atoms with Crippen LogP contribution in [0.2, 0.25) is 0 Å². The smallest absolute Gasteiger partial charge is 0.257 e. The van der Waals surface area contributed by atoms with Gasteiger partial charge < -0.3 is 15.0 Å². The van der Waals surface area contributed by atoms with Crippen molar-refractivity contribution in [1.29, 1.82) is 0 Å². The van der Waals surface area contributed by atoms with E-state index in [1.54, 1.807) is 19.3 Å². The number of hydrogen-bond donors (Lipinski definition) is 1. The molecule has 110 valence electrons.